The van der Waals surface area contributed by atoms with Crippen LogP contribution >= 0.6 is 11.8 Å². The Morgan fingerprint density at radius 1 is 1.19 bits per heavy atom. The summed E-state index contributed by atoms with van der Waals surface area (Å²) in [5.74, 6) is -0.250. The highest BCUT2D eigenvalue weighted by Gasteiger charge is 2.11. The van der Waals surface area contributed by atoms with Gasteiger partial charge in [-0.05, 0) is 54.8 Å². The lowest BCUT2D eigenvalue weighted by Gasteiger charge is -2.09. The number of nitrogens with zero attached hydrogens (tertiary/aromatic N) is 3. The average molecular weight is 370 g/mol. The number of halogens is 1. The minimum absolute atomic E-state index is 0.145. The number of hydrogen-bond acceptors (Lipinski definition) is 4. The highest BCUT2D eigenvalue weighted by molar-refractivity contribution is 7.99. The molecule has 0 aliphatic rings. The second kappa shape index (κ2) is 8.14. The van der Waals surface area contributed by atoms with Gasteiger partial charge >= 0.3 is 0 Å². The minimum atomic E-state index is -0.312. The van der Waals surface area contributed by atoms with Gasteiger partial charge in [-0.15, -0.1) is 10.2 Å². The van der Waals surface area contributed by atoms with Crippen LogP contribution in [0.25, 0.3) is 5.69 Å². The second-order valence-electron chi connectivity index (χ2n) is 5.95. The van der Waals surface area contributed by atoms with E-state index in [0.717, 1.165) is 11.3 Å². The number of carbonyl (C=O) groups is 1. The zero-order valence-electron chi connectivity index (χ0n) is 14.6. The van der Waals surface area contributed by atoms with Crippen LogP contribution in [0, 0.1) is 19.7 Å². The van der Waals surface area contributed by atoms with E-state index in [-0.39, 0.29) is 17.5 Å². The van der Waals surface area contributed by atoms with Crippen molar-refractivity contribution >= 4 is 17.7 Å². The molecule has 1 N–H and O–H groups in total. The molecule has 26 heavy (non-hydrogen) atoms. The third-order valence-electron chi connectivity index (χ3n) is 4.00. The first-order valence-corrected chi connectivity index (χ1v) is 9.13. The number of rotatable bonds is 6. The molecule has 0 fully saturated rings. The number of hydrogen-bond donors (Lipinski definition) is 1. The van der Waals surface area contributed by atoms with E-state index in [2.05, 4.69) is 35.4 Å². The monoisotopic (exact) mass is 370 g/mol. The van der Waals surface area contributed by atoms with E-state index < -0.39 is 0 Å². The van der Waals surface area contributed by atoms with Gasteiger partial charge in [0.1, 0.15) is 12.1 Å². The van der Waals surface area contributed by atoms with Crippen LogP contribution in [0.15, 0.2) is 53.9 Å². The third kappa shape index (κ3) is 4.49. The first kappa shape index (κ1) is 18.1. The number of amides is 1. The van der Waals surface area contributed by atoms with Crippen LogP contribution < -0.4 is 5.32 Å². The fourth-order valence-corrected chi connectivity index (χ4v) is 3.16. The van der Waals surface area contributed by atoms with Crippen LogP contribution in [0.5, 0.6) is 0 Å². The topological polar surface area (TPSA) is 59.8 Å². The molecule has 0 spiro atoms. The van der Waals surface area contributed by atoms with E-state index in [4.69, 9.17) is 0 Å². The highest BCUT2D eigenvalue weighted by atomic mass is 32.2. The van der Waals surface area contributed by atoms with Gasteiger partial charge in [0.05, 0.1) is 5.75 Å². The van der Waals surface area contributed by atoms with E-state index in [9.17, 15) is 9.18 Å². The van der Waals surface area contributed by atoms with E-state index in [1.54, 1.807) is 18.5 Å². The zero-order chi connectivity index (χ0) is 18.5. The molecule has 0 saturated heterocycles. The molecule has 1 aromatic heterocycles. The molecule has 0 aliphatic carbocycles. The van der Waals surface area contributed by atoms with Crippen molar-refractivity contribution in [1.29, 1.82) is 0 Å². The number of aromatic nitrogens is 3. The van der Waals surface area contributed by atoms with Crippen molar-refractivity contribution in [2.45, 2.75) is 25.5 Å². The van der Waals surface area contributed by atoms with Gasteiger partial charge in [-0.3, -0.25) is 9.36 Å². The van der Waals surface area contributed by atoms with Crippen molar-refractivity contribution in [3.8, 4) is 5.69 Å². The van der Waals surface area contributed by atoms with Crippen LogP contribution in [0.1, 0.15) is 16.7 Å². The largest absolute Gasteiger partial charge is 0.351 e. The van der Waals surface area contributed by atoms with Crippen LogP contribution in [0.4, 0.5) is 4.39 Å². The Labute approximate surface area is 155 Å². The molecule has 3 aromatic rings. The Hall–Kier alpha value is -2.67. The summed E-state index contributed by atoms with van der Waals surface area (Å²) in [5.41, 5.74) is 4.08. The summed E-state index contributed by atoms with van der Waals surface area (Å²) in [5, 5.41) is 11.5. The molecule has 0 bridgehead atoms. The van der Waals surface area contributed by atoms with Crippen LogP contribution in [-0.4, -0.2) is 26.4 Å². The van der Waals surface area contributed by atoms with Crippen molar-refractivity contribution in [2.75, 3.05) is 5.75 Å². The molecule has 7 heteroatoms. The predicted molar refractivity (Wildman–Crippen MR) is 99.8 cm³/mol. The number of benzene rings is 2. The lowest BCUT2D eigenvalue weighted by molar-refractivity contribution is -0.118. The fraction of sp³-hybridized carbons (Fsp3) is 0.211. The van der Waals surface area contributed by atoms with Crippen molar-refractivity contribution in [2.24, 2.45) is 0 Å². The maximum absolute atomic E-state index is 13.1. The standard InChI is InChI=1S/C19H19FN4OS/c1-13-6-7-17(8-14(13)2)24-12-22-23-19(24)26-11-18(25)21-10-15-4-3-5-16(20)9-15/h3-9,12H,10-11H2,1-2H3,(H,21,25). The van der Waals surface area contributed by atoms with Crippen molar-refractivity contribution < 1.29 is 9.18 Å². The van der Waals surface area contributed by atoms with Crippen LogP contribution in [0.3, 0.4) is 0 Å². The molecule has 2 aromatic carbocycles. The van der Waals surface area contributed by atoms with Gasteiger partial charge in [0, 0.05) is 12.2 Å². The quantitative estimate of drug-likeness (QED) is 0.676. The molecule has 0 atom stereocenters. The smallest absolute Gasteiger partial charge is 0.230 e. The molecule has 134 valence electrons. The number of carbonyl (C=O) groups excluding carboxylic acids is 1. The van der Waals surface area contributed by atoms with E-state index in [0.29, 0.717) is 11.7 Å². The summed E-state index contributed by atoms with van der Waals surface area (Å²) in [4.78, 5) is 12.1. The maximum Gasteiger partial charge on any atom is 0.230 e. The molecule has 5 nitrogen and oxygen atoms in total. The van der Waals surface area contributed by atoms with E-state index in [1.807, 2.05) is 16.7 Å². The van der Waals surface area contributed by atoms with Crippen LogP contribution in [0.2, 0.25) is 0 Å². The fourth-order valence-electron chi connectivity index (χ4n) is 2.40. The normalized spacial score (nSPS) is 10.7. The molecule has 0 saturated carbocycles. The number of nitrogens with one attached hydrogen (secondary N) is 1. The van der Waals surface area contributed by atoms with Crippen molar-refractivity contribution in [3.05, 3.63) is 71.3 Å². The van der Waals surface area contributed by atoms with Crippen LogP contribution in [-0.2, 0) is 11.3 Å². The third-order valence-corrected chi connectivity index (χ3v) is 4.94. The predicted octanol–water partition coefficient (Wildman–Crippen LogP) is 3.43. The Bertz CT molecular complexity index is 925. The van der Waals surface area contributed by atoms with E-state index in [1.165, 1.54) is 35.0 Å². The Morgan fingerprint density at radius 2 is 2.04 bits per heavy atom. The molecule has 1 heterocycles. The van der Waals surface area contributed by atoms with Crippen molar-refractivity contribution in [3.63, 3.8) is 0 Å². The summed E-state index contributed by atoms with van der Waals surface area (Å²) in [7, 11) is 0. The van der Waals surface area contributed by atoms with Gasteiger partial charge in [0.15, 0.2) is 5.16 Å². The number of aryl methyl sites for hydroxylation is 2. The van der Waals surface area contributed by atoms with Crippen molar-refractivity contribution in [1.82, 2.24) is 20.1 Å². The van der Waals surface area contributed by atoms with E-state index >= 15 is 0 Å². The first-order valence-electron chi connectivity index (χ1n) is 8.14. The summed E-state index contributed by atoms with van der Waals surface area (Å²) < 4.78 is 15.0. The maximum atomic E-state index is 13.1. The Balaban J connectivity index is 1.59. The summed E-state index contributed by atoms with van der Waals surface area (Å²) in [6.45, 7) is 4.40. The van der Waals surface area contributed by atoms with Gasteiger partial charge in [0.25, 0.3) is 0 Å². The molecule has 0 aliphatic heterocycles. The molecule has 3 rings (SSSR count). The average Bonchev–Trinajstić information content (AvgIpc) is 3.09. The summed E-state index contributed by atoms with van der Waals surface area (Å²) >= 11 is 1.31. The van der Waals surface area contributed by atoms with Gasteiger partial charge in [-0.2, -0.15) is 0 Å². The second-order valence-corrected chi connectivity index (χ2v) is 6.89. The molecular formula is C19H19FN4OS. The molecular weight excluding hydrogens is 351 g/mol. The molecule has 0 unspecified atom stereocenters. The van der Waals surface area contributed by atoms with Gasteiger partial charge < -0.3 is 5.32 Å². The summed E-state index contributed by atoms with van der Waals surface area (Å²) in [6.07, 6.45) is 1.64. The van der Waals surface area contributed by atoms with Gasteiger partial charge in [-0.1, -0.05) is 30.0 Å². The zero-order valence-corrected chi connectivity index (χ0v) is 15.4. The Morgan fingerprint density at radius 3 is 2.81 bits per heavy atom. The molecule has 1 amide bonds. The summed E-state index contributed by atoms with van der Waals surface area (Å²) in [6, 6.07) is 12.3. The lowest BCUT2D eigenvalue weighted by atomic mass is 10.1. The van der Waals surface area contributed by atoms with Gasteiger partial charge in [0.2, 0.25) is 5.91 Å². The molecule has 0 radical (unpaired) electrons. The highest BCUT2D eigenvalue weighted by Crippen LogP contribution is 2.21. The minimum Gasteiger partial charge on any atom is -0.351 e. The SMILES string of the molecule is Cc1ccc(-n2cnnc2SCC(=O)NCc2cccc(F)c2)cc1C. The number of thioether (sulfide) groups is 1. The first-order chi connectivity index (χ1) is 12.5. The lowest BCUT2D eigenvalue weighted by Crippen LogP contribution is -2.24. The Kier molecular flexibility index (Phi) is 5.68. The van der Waals surface area contributed by atoms with Gasteiger partial charge in [-0.25, -0.2) is 4.39 Å².